The maximum Gasteiger partial charge on any atom is 0.340 e. The number of nitrogens with zero attached hydrogens (tertiary/aromatic N) is 2. The average molecular weight is 427 g/mol. The summed E-state index contributed by atoms with van der Waals surface area (Å²) in [5.41, 5.74) is 10.0. The molecule has 3 aromatic rings. The zero-order valence-corrected chi connectivity index (χ0v) is 17.6. The number of nitrogens with one attached hydrogen (secondary N) is 1. The predicted octanol–water partition coefficient (Wildman–Crippen LogP) is 3.26. The number of esters is 1. The first kappa shape index (κ1) is 21.4. The van der Waals surface area contributed by atoms with Gasteiger partial charge in [-0.3, -0.25) is 9.48 Å². The lowest BCUT2D eigenvalue weighted by atomic mass is 10.2. The average Bonchev–Trinajstić information content (AvgIpc) is 2.98. The first-order valence-corrected chi connectivity index (χ1v) is 9.78. The molecule has 0 aliphatic carbocycles. The molecule has 2 aromatic carbocycles. The summed E-state index contributed by atoms with van der Waals surface area (Å²) >= 11 is 5.82. The van der Waals surface area contributed by atoms with Crippen molar-refractivity contribution in [2.75, 3.05) is 12.3 Å². The molecule has 0 aliphatic heterocycles. The summed E-state index contributed by atoms with van der Waals surface area (Å²) in [6.07, 6.45) is 0. The van der Waals surface area contributed by atoms with Crippen molar-refractivity contribution >= 4 is 29.2 Å². The number of carbonyl (C=O) groups excluding carboxylic acids is 2. The molecule has 30 heavy (non-hydrogen) atoms. The molecule has 0 spiro atoms. The Morgan fingerprint density at radius 3 is 2.60 bits per heavy atom. The molecule has 0 atom stereocenters. The molecule has 0 aliphatic rings. The van der Waals surface area contributed by atoms with E-state index in [4.69, 9.17) is 22.1 Å². The summed E-state index contributed by atoms with van der Waals surface area (Å²) < 4.78 is 6.96. The van der Waals surface area contributed by atoms with Crippen LogP contribution in [0.25, 0.3) is 0 Å². The van der Waals surface area contributed by atoms with E-state index in [-0.39, 0.29) is 11.3 Å². The first-order chi connectivity index (χ1) is 14.3. The molecule has 0 fully saturated rings. The number of carbonyl (C=O) groups is 2. The third kappa shape index (κ3) is 5.18. The van der Waals surface area contributed by atoms with Crippen LogP contribution < -0.4 is 11.1 Å². The van der Waals surface area contributed by atoms with Gasteiger partial charge in [0.05, 0.1) is 17.8 Å². The Balaban J connectivity index is 1.55. The van der Waals surface area contributed by atoms with Gasteiger partial charge in [0.1, 0.15) is 0 Å². The fraction of sp³-hybridized carbons (Fsp3) is 0.227. The van der Waals surface area contributed by atoms with E-state index in [0.29, 0.717) is 18.1 Å². The van der Waals surface area contributed by atoms with E-state index < -0.39 is 18.5 Å². The quantitative estimate of drug-likeness (QED) is 0.446. The van der Waals surface area contributed by atoms with Gasteiger partial charge in [0.25, 0.3) is 5.91 Å². The number of hydrogen-bond donors (Lipinski definition) is 2. The summed E-state index contributed by atoms with van der Waals surface area (Å²) in [7, 11) is 0. The van der Waals surface area contributed by atoms with Crippen LogP contribution in [0.1, 0.15) is 32.9 Å². The topological polar surface area (TPSA) is 99.2 Å². The van der Waals surface area contributed by atoms with Gasteiger partial charge in [-0.1, -0.05) is 41.9 Å². The highest BCUT2D eigenvalue weighted by Gasteiger charge is 2.16. The van der Waals surface area contributed by atoms with Crippen molar-refractivity contribution in [2.24, 2.45) is 0 Å². The van der Waals surface area contributed by atoms with Crippen LogP contribution in [0.2, 0.25) is 5.02 Å². The minimum Gasteiger partial charge on any atom is -0.452 e. The number of nitrogens with two attached hydrogens (primary N) is 1. The van der Waals surface area contributed by atoms with Crippen molar-refractivity contribution in [3.05, 3.63) is 81.6 Å². The van der Waals surface area contributed by atoms with Crippen LogP contribution in [-0.4, -0.2) is 28.3 Å². The Morgan fingerprint density at radius 2 is 1.90 bits per heavy atom. The van der Waals surface area contributed by atoms with Gasteiger partial charge in [-0.2, -0.15) is 5.10 Å². The third-order valence-electron chi connectivity index (χ3n) is 4.74. The van der Waals surface area contributed by atoms with E-state index >= 15 is 0 Å². The molecule has 156 valence electrons. The van der Waals surface area contributed by atoms with Gasteiger partial charge in [-0.15, -0.1) is 0 Å². The van der Waals surface area contributed by atoms with E-state index in [1.54, 1.807) is 0 Å². The Hall–Kier alpha value is -3.32. The number of aromatic nitrogens is 2. The van der Waals surface area contributed by atoms with Gasteiger partial charge in [-0.25, -0.2) is 4.79 Å². The Morgan fingerprint density at radius 1 is 1.17 bits per heavy atom. The predicted molar refractivity (Wildman–Crippen MR) is 115 cm³/mol. The third-order valence-corrected chi connectivity index (χ3v) is 4.97. The Kier molecular flexibility index (Phi) is 6.74. The summed E-state index contributed by atoms with van der Waals surface area (Å²) in [5, 5.41) is 7.75. The normalized spacial score (nSPS) is 10.6. The highest BCUT2D eigenvalue weighted by atomic mass is 35.5. The Labute approximate surface area is 179 Å². The van der Waals surface area contributed by atoms with E-state index in [1.807, 2.05) is 48.9 Å². The number of anilines is 1. The molecular weight excluding hydrogens is 404 g/mol. The van der Waals surface area contributed by atoms with Crippen molar-refractivity contribution in [3.63, 3.8) is 0 Å². The number of aryl methyl sites for hydroxylation is 1. The smallest absolute Gasteiger partial charge is 0.340 e. The molecule has 0 radical (unpaired) electrons. The Bertz CT molecular complexity index is 1060. The number of ether oxygens (including phenoxy) is 1. The zero-order chi connectivity index (χ0) is 21.7. The molecule has 3 rings (SSSR count). The highest BCUT2D eigenvalue weighted by molar-refractivity contribution is 6.31. The highest BCUT2D eigenvalue weighted by Crippen LogP contribution is 2.19. The van der Waals surface area contributed by atoms with Gasteiger partial charge in [0.2, 0.25) is 0 Å². The maximum absolute atomic E-state index is 12.1. The molecule has 7 nitrogen and oxygen atoms in total. The van der Waals surface area contributed by atoms with Crippen molar-refractivity contribution < 1.29 is 14.3 Å². The van der Waals surface area contributed by atoms with Crippen LogP contribution in [0.15, 0.2) is 48.5 Å². The van der Waals surface area contributed by atoms with E-state index in [9.17, 15) is 9.59 Å². The standard InChI is InChI=1S/C22H23ClN4O3/c1-14-19(15(2)27(26-14)12-16-6-4-3-5-7-16)11-25-21(28)13-30-22(29)18-9-8-17(23)10-20(18)24/h3-10H,11-13,24H2,1-2H3,(H,25,28). The lowest BCUT2D eigenvalue weighted by Gasteiger charge is -2.09. The summed E-state index contributed by atoms with van der Waals surface area (Å²) in [4.78, 5) is 24.2. The summed E-state index contributed by atoms with van der Waals surface area (Å²) in [6.45, 7) is 4.41. The fourth-order valence-corrected chi connectivity index (χ4v) is 3.25. The number of amides is 1. The van der Waals surface area contributed by atoms with Crippen LogP contribution in [0, 0.1) is 13.8 Å². The van der Waals surface area contributed by atoms with Gasteiger partial charge >= 0.3 is 5.97 Å². The summed E-state index contributed by atoms with van der Waals surface area (Å²) in [5.74, 6) is -1.09. The molecule has 0 bridgehead atoms. The molecule has 1 heterocycles. The molecular formula is C22H23ClN4O3. The van der Waals surface area contributed by atoms with Gasteiger partial charge in [0.15, 0.2) is 6.61 Å². The number of hydrogen-bond acceptors (Lipinski definition) is 5. The first-order valence-electron chi connectivity index (χ1n) is 9.41. The second-order valence-corrected chi connectivity index (χ2v) is 7.31. The van der Waals surface area contributed by atoms with Crippen molar-refractivity contribution in [3.8, 4) is 0 Å². The monoisotopic (exact) mass is 426 g/mol. The van der Waals surface area contributed by atoms with Gasteiger partial charge in [0, 0.05) is 28.5 Å². The largest absolute Gasteiger partial charge is 0.452 e. The minimum atomic E-state index is -0.678. The van der Waals surface area contributed by atoms with Crippen LogP contribution in [-0.2, 0) is 22.6 Å². The lowest BCUT2D eigenvalue weighted by Crippen LogP contribution is -2.29. The van der Waals surface area contributed by atoms with Crippen molar-refractivity contribution in [1.29, 1.82) is 0 Å². The molecule has 0 saturated carbocycles. The lowest BCUT2D eigenvalue weighted by molar-refractivity contribution is -0.124. The van der Waals surface area contributed by atoms with E-state index in [2.05, 4.69) is 10.4 Å². The number of nitrogen functional groups attached to an aromatic ring is 1. The van der Waals surface area contributed by atoms with Crippen LogP contribution in [0.4, 0.5) is 5.69 Å². The second-order valence-electron chi connectivity index (χ2n) is 6.88. The molecule has 1 amide bonds. The number of rotatable bonds is 7. The van der Waals surface area contributed by atoms with E-state index in [1.165, 1.54) is 18.2 Å². The second kappa shape index (κ2) is 9.45. The fourth-order valence-electron chi connectivity index (χ4n) is 3.07. The molecule has 1 aromatic heterocycles. The van der Waals surface area contributed by atoms with Gasteiger partial charge in [-0.05, 0) is 37.6 Å². The minimum absolute atomic E-state index is 0.168. The molecule has 8 heteroatoms. The summed E-state index contributed by atoms with van der Waals surface area (Å²) in [6, 6.07) is 14.5. The zero-order valence-electron chi connectivity index (χ0n) is 16.8. The van der Waals surface area contributed by atoms with Gasteiger partial charge < -0.3 is 15.8 Å². The van der Waals surface area contributed by atoms with E-state index in [0.717, 1.165) is 22.5 Å². The van der Waals surface area contributed by atoms with Crippen molar-refractivity contribution in [2.45, 2.75) is 26.9 Å². The number of halogens is 1. The van der Waals surface area contributed by atoms with Crippen LogP contribution >= 0.6 is 11.6 Å². The molecule has 0 unspecified atom stereocenters. The maximum atomic E-state index is 12.1. The number of benzene rings is 2. The molecule has 0 saturated heterocycles. The molecule has 3 N–H and O–H groups in total. The van der Waals surface area contributed by atoms with Crippen molar-refractivity contribution in [1.82, 2.24) is 15.1 Å². The SMILES string of the molecule is Cc1nn(Cc2ccccc2)c(C)c1CNC(=O)COC(=O)c1ccc(Cl)cc1N. The van der Waals surface area contributed by atoms with Crippen LogP contribution in [0.5, 0.6) is 0 Å². The van der Waals surface area contributed by atoms with Crippen LogP contribution in [0.3, 0.4) is 0 Å².